The average molecular weight is 492 g/mol. The van der Waals surface area contributed by atoms with Crippen molar-refractivity contribution in [1.82, 2.24) is 14.6 Å². The summed E-state index contributed by atoms with van der Waals surface area (Å²) in [6.45, 7) is 9.11. The molecule has 2 rings (SSSR count). The van der Waals surface area contributed by atoms with Gasteiger partial charge in [-0.1, -0.05) is 5.16 Å². The fourth-order valence-electron chi connectivity index (χ4n) is 2.51. The lowest BCUT2D eigenvalue weighted by molar-refractivity contribution is -0.179. The number of hydrogen-bond donors (Lipinski definition) is 3. The summed E-state index contributed by atoms with van der Waals surface area (Å²) in [6.07, 6.45) is 0. The van der Waals surface area contributed by atoms with Crippen LogP contribution >= 0.6 is 11.3 Å². The number of anilines is 1. The van der Waals surface area contributed by atoms with Crippen LogP contribution in [-0.2, 0) is 34.3 Å². The average Bonchev–Trinajstić information content (AvgIpc) is 3.03. The molecule has 2 atom stereocenters. The van der Waals surface area contributed by atoms with Crippen LogP contribution in [0.4, 0.5) is 5.13 Å². The van der Waals surface area contributed by atoms with Crippen LogP contribution in [0, 0.1) is 0 Å². The smallest absolute Gasteiger partial charge is 0.362 e. The number of esters is 1. The minimum Gasteiger partial charge on any atom is -0.457 e. The Labute approximate surface area is 188 Å². The van der Waals surface area contributed by atoms with Gasteiger partial charge < -0.3 is 20.6 Å². The van der Waals surface area contributed by atoms with Gasteiger partial charge in [0.2, 0.25) is 5.60 Å². The van der Waals surface area contributed by atoms with Gasteiger partial charge in [-0.05, 0) is 41.5 Å². The largest absolute Gasteiger partial charge is 0.457 e. The number of thiazole rings is 1. The third-order valence-corrected chi connectivity index (χ3v) is 5.79. The highest BCUT2D eigenvalue weighted by Gasteiger charge is 2.51. The van der Waals surface area contributed by atoms with E-state index in [-0.39, 0.29) is 15.1 Å². The molecule has 0 unspecified atom stereocenters. The highest BCUT2D eigenvalue weighted by atomic mass is 32.2. The van der Waals surface area contributed by atoms with Gasteiger partial charge in [-0.15, -0.1) is 11.3 Å². The van der Waals surface area contributed by atoms with Gasteiger partial charge in [0.1, 0.15) is 17.3 Å². The molecule has 32 heavy (non-hydrogen) atoms. The number of oxime groups is 1. The second-order valence-electron chi connectivity index (χ2n) is 8.42. The van der Waals surface area contributed by atoms with Crippen molar-refractivity contribution in [2.45, 2.75) is 64.8 Å². The second kappa shape index (κ2) is 8.63. The number of nitrogens with one attached hydrogen (secondary N) is 1. The molecular weight excluding hydrogens is 466 g/mol. The molecule has 1 saturated heterocycles. The zero-order chi connectivity index (χ0) is 24.6. The van der Waals surface area contributed by atoms with Gasteiger partial charge in [0.25, 0.3) is 11.8 Å². The van der Waals surface area contributed by atoms with Gasteiger partial charge in [-0.25, -0.2) is 14.1 Å². The molecule has 0 aromatic carbocycles. The molecule has 15 heteroatoms. The minimum absolute atomic E-state index is 0.0102. The number of hydrogen-bond acceptors (Lipinski definition) is 11. The van der Waals surface area contributed by atoms with Gasteiger partial charge in [-0.3, -0.25) is 14.1 Å². The summed E-state index contributed by atoms with van der Waals surface area (Å²) in [5, 5.41) is 7.61. The van der Waals surface area contributed by atoms with Gasteiger partial charge in [0.15, 0.2) is 10.8 Å². The molecule has 1 aromatic heterocycles. The number of nitrogens with two attached hydrogens (primary N) is 1. The van der Waals surface area contributed by atoms with E-state index in [2.05, 4.69) is 15.5 Å². The topological polar surface area (TPSA) is 191 Å². The number of amides is 2. The number of nitrogen functional groups attached to an aromatic ring is 1. The molecular formula is C17H25N5O8S2. The lowest BCUT2D eigenvalue weighted by Crippen LogP contribution is -2.71. The van der Waals surface area contributed by atoms with Crippen molar-refractivity contribution in [1.29, 1.82) is 0 Å². The van der Waals surface area contributed by atoms with Crippen LogP contribution in [0.5, 0.6) is 0 Å². The van der Waals surface area contributed by atoms with Gasteiger partial charge in [0, 0.05) is 5.38 Å². The number of β-lactam (4-membered cyclic amide) rings is 1. The van der Waals surface area contributed by atoms with E-state index in [9.17, 15) is 22.8 Å². The Hall–Kier alpha value is -2.78. The molecule has 0 saturated carbocycles. The molecule has 2 amide bonds. The van der Waals surface area contributed by atoms with Gasteiger partial charge >= 0.3 is 16.3 Å². The Kier molecular flexibility index (Phi) is 6.87. The van der Waals surface area contributed by atoms with E-state index in [1.54, 1.807) is 20.8 Å². The number of carbonyl (C=O) groups is 3. The van der Waals surface area contributed by atoms with Crippen LogP contribution in [0.25, 0.3) is 0 Å². The predicted octanol–water partition coefficient (Wildman–Crippen LogP) is 0.0846. The van der Waals surface area contributed by atoms with Crippen molar-refractivity contribution in [3.8, 4) is 0 Å². The van der Waals surface area contributed by atoms with Crippen molar-refractivity contribution in [3.63, 3.8) is 0 Å². The Morgan fingerprint density at radius 1 is 1.31 bits per heavy atom. The molecule has 178 valence electrons. The number of rotatable bonds is 7. The second-order valence-corrected chi connectivity index (χ2v) is 10.6. The third-order valence-electron chi connectivity index (χ3n) is 4.11. The Morgan fingerprint density at radius 3 is 2.34 bits per heavy atom. The Bertz CT molecular complexity index is 1060. The normalized spacial score (nSPS) is 19.9. The minimum atomic E-state index is -4.76. The van der Waals surface area contributed by atoms with Crippen molar-refractivity contribution in [3.05, 3.63) is 11.1 Å². The van der Waals surface area contributed by atoms with Crippen LogP contribution in [0.2, 0.25) is 0 Å². The van der Waals surface area contributed by atoms with E-state index in [0.29, 0.717) is 0 Å². The maximum absolute atomic E-state index is 12.8. The van der Waals surface area contributed by atoms with Crippen molar-refractivity contribution >= 4 is 50.3 Å². The first-order valence-corrected chi connectivity index (χ1v) is 11.5. The van der Waals surface area contributed by atoms with Crippen LogP contribution < -0.4 is 11.1 Å². The Balaban J connectivity index is 2.26. The van der Waals surface area contributed by atoms with Crippen LogP contribution in [-0.4, -0.2) is 69.0 Å². The standard InChI is InChI=1S/C17H25N5O8S2/c1-8-10(13(24)22(8)32(26,27)28)20-12(23)11(9-7-31-15(18)19-9)21-30-17(5,6)14(25)29-16(2,3)4/h7-8,10H,1-6H3,(H2,18,19)(H,20,23)(H,26,27,28)/b21-11-/t8-,10-/m0/s1. The molecule has 0 bridgehead atoms. The van der Waals surface area contributed by atoms with Crippen molar-refractivity contribution in [2.75, 3.05) is 5.73 Å². The molecule has 1 fully saturated rings. The predicted molar refractivity (Wildman–Crippen MR) is 114 cm³/mol. The summed E-state index contributed by atoms with van der Waals surface area (Å²) in [5.74, 6) is -2.70. The van der Waals surface area contributed by atoms with E-state index in [1.807, 2.05) is 0 Å². The molecule has 1 aromatic rings. The summed E-state index contributed by atoms with van der Waals surface area (Å²) in [6, 6.07) is -2.29. The third kappa shape index (κ3) is 5.72. The SMILES string of the molecule is C[C@H]1[C@H](NC(=O)/C(=N\OC(C)(C)C(=O)OC(C)(C)C)c2csc(N)n2)C(=O)N1S(=O)(=O)O. The first kappa shape index (κ1) is 25.5. The maximum Gasteiger partial charge on any atom is 0.362 e. The zero-order valence-electron chi connectivity index (χ0n) is 18.3. The lowest BCUT2D eigenvalue weighted by atomic mass is 10.0. The number of carbonyl (C=O) groups excluding carboxylic acids is 3. The summed E-state index contributed by atoms with van der Waals surface area (Å²) >= 11 is 1.01. The van der Waals surface area contributed by atoms with E-state index in [0.717, 1.165) is 11.3 Å². The molecule has 4 N–H and O–H groups in total. The number of nitrogens with zero attached hydrogens (tertiary/aromatic N) is 3. The maximum atomic E-state index is 12.8. The fraction of sp³-hybridized carbons (Fsp3) is 0.588. The molecule has 0 radical (unpaired) electrons. The summed E-state index contributed by atoms with van der Waals surface area (Å²) in [4.78, 5) is 46.5. The first-order chi connectivity index (χ1) is 14.4. The number of ether oxygens (including phenoxy) is 1. The summed E-state index contributed by atoms with van der Waals surface area (Å²) < 4.78 is 37.1. The van der Waals surface area contributed by atoms with E-state index < -0.39 is 57.1 Å². The van der Waals surface area contributed by atoms with Crippen LogP contribution in [0.3, 0.4) is 0 Å². The number of aromatic nitrogens is 1. The van der Waals surface area contributed by atoms with Crippen LogP contribution in [0.1, 0.15) is 47.2 Å². The van der Waals surface area contributed by atoms with E-state index in [4.69, 9.17) is 19.9 Å². The summed E-state index contributed by atoms with van der Waals surface area (Å²) in [5.41, 5.74) is 2.85. The molecule has 0 aliphatic carbocycles. The summed E-state index contributed by atoms with van der Waals surface area (Å²) in [7, 11) is -4.76. The molecule has 1 aliphatic heterocycles. The van der Waals surface area contributed by atoms with Crippen molar-refractivity contribution in [2.24, 2.45) is 5.16 Å². The molecule has 2 heterocycles. The van der Waals surface area contributed by atoms with Gasteiger partial charge in [-0.2, -0.15) is 8.42 Å². The molecule has 0 spiro atoms. The zero-order valence-corrected chi connectivity index (χ0v) is 19.9. The molecule has 13 nitrogen and oxygen atoms in total. The lowest BCUT2D eigenvalue weighted by Gasteiger charge is -2.42. The van der Waals surface area contributed by atoms with Gasteiger partial charge in [0.05, 0.1) is 6.04 Å². The highest BCUT2D eigenvalue weighted by molar-refractivity contribution is 7.84. The monoisotopic (exact) mass is 491 g/mol. The van der Waals surface area contributed by atoms with Crippen LogP contribution in [0.15, 0.2) is 10.5 Å². The Morgan fingerprint density at radius 2 is 1.91 bits per heavy atom. The van der Waals surface area contributed by atoms with E-state index in [1.165, 1.54) is 26.2 Å². The molecule has 1 aliphatic rings. The quantitative estimate of drug-likeness (QED) is 0.155. The van der Waals surface area contributed by atoms with Crippen molar-refractivity contribution < 1.29 is 36.9 Å². The van der Waals surface area contributed by atoms with E-state index >= 15 is 0 Å². The first-order valence-electron chi connectivity index (χ1n) is 9.26. The highest BCUT2D eigenvalue weighted by Crippen LogP contribution is 2.24. The fourth-order valence-corrected chi connectivity index (χ4v) is 3.94.